The Morgan fingerprint density at radius 3 is 2.38 bits per heavy atom. The van der Waals surface area contributed by atoms with Gasteiger partial charge in [-0.3, -0.25) is 0 Å². The smallest absolute Gasteiger partial charge is 0.497 e. The van der Waals surface area contributed by atoms with Gasteiger partial charge in [-0.05, 0) is 47.6 Å². The monoisotopic (exact) mass is 350 g/mol. The Bertz CT molecular complexity index is 881. The van der Waals surface area contributed by atoms with Crippen molar-refractivity contribution in [2.24, 2.45) is 0 Å². The Kier molecular flexibility index (Phi) is 3.45. The molecule has 1 fully saturated rings. The van der Waals surface area contributed by atoms with E-state index in [1.807, 2.05) is 18.2 Å². The Hall–Kier alpha value is -1.59. The predicted octanol–water partition coefficient (Wildman–Crippen LogP) is 4.28. The van der Waals surface area contributed by atoms with Gasteiger partial charge in [0.15, 0.2) is 5.75 Å². The second-order valence-electron chi connectivity index (χ2n) is 5.76. The molecule has 2 aromatic carbocycles. The summed E-state index contributed by atoms with van der Waals surface area (Å²) in [4.78, 5) is 0. The van der Waals surface area contributed by atoms with Crippen molar-refractivity contribution in [1.29, 1.82) is 0 Å². The van der Waals surface area contributed by atoms with Gasteiger partial charge in [0.1, 0.15) is 5.75 Å². The summed E-state index contributed by atoms with van der Waals surface area (Å²) in [5.41, 5.74) is 2.86. The van der Waals surface area contributed by atoms with Gasteiger partial charge in [0, 0.05) is 12.5 Å². The van der Waals surface area contributed by atoms with Crippen molar-refractivity contribution >= 4 is 18.6 Å². The Morgan fingerprint density at radius 1 is 1.08 bits per heavy atom. The second-order valence-corrected chi connectivity index (χ2v) is 7.20. The molecule has 0 unspecified atom stereocenters. The molecule has 0 radical (unpaired) electrons. The highest BCUT2D eigenvalue weighted by molar-refractivity contribution is 7.50. The largest absolute Gasteiger partial charge is 0.539 e. The van der Waals surface area contributed by atoms with Crippen molar-refractivity contribution in [2.45, 2.75) is 32.7 Å². The lowest BCUT2D eigenvalue weighted by Crippen LogP contribution is -2.47. The van der Waals surface area contributed by atoms with E-state index in [4.69, 9.17) is 23.0 Å². The van der Waals surface area contributed by atoms with E-state index < -0.39 is 13.8 Å². The zero-order valence-electron chi connectivity index (χ0n) is 14.0. The van der Waals surface area contributed by atoms with E-state index >= 15 is 0 Å². The fourth-order valence-electron chi connectivity index (χ4n) is 3.61. The molecular formula is C17H19O6P. The predicted molar refractivity (Wildman–Crippen MR) is 88.3 cm³/mol. The first kappa shape index (κ1) is 15.9. The van der Waals surface area contributed by atoms with E-state index in [-0.39, 0.29) is 0 Å². The van der Waals surface area contributed by atoms with Gasteiger partial charge in [-0.1, -0.05) is 13.8 Å². The van der Waals surface area contributed by atoms with Crippen LogP contribution in [0.5, 0.6) is 11.5 Å². The van der Waals surface area contributed by atoms with Crippen LogP contribution in [0.2, 0.25) is 0 Å². The first-order chi connectivity index (χ1) is 11.5. The Balaban J connectivity index is 2.13. The lowest BCUT2D eigenvalue weighted by Gasteiger charge is -2.48. The summed E-state index contributed by atoms with van der Waals surface area (Å²) >= 11 is 0. The molecular weight excluding hydrogens is 331 g/mol. The lowest BCUT2D eigenvalue weighted by molar-refractivity contribution is -0.376. The molecule has 6 nitrogen and oxygen atoms in total. The average Bonchev–Trinajstić information content (AvgIpc) is 2.58. The van der Waals surface area contributed by atoms with Crippen LogP contribution in [0.1, 0.15) is 30.5 Å². The number of ether oxygens (including phenoxy) is 2. The maximum Gasteiger partial charge on any atom is 0.539 e. The minimum absolute atomic E-state index is 0.518. The van der Waals surface area contributed by atoms with Crippen LogP contribution in [-0.2, 0) is 37.2 Å². The van der Waals surface area contributed by atoms with Gasteiger partial charge in [-0.25, -0.2) is 13.6 Å². The highest BCUT2D eigenvalue weighted by Gasteiger charge is 2.67. The van der Waals surface area contributed by atoms with Gasteiger partial charge in [0.05, 0.1) is 12.7 Å². The molecule has 0 aliphatic carbocycles. The first-order valence-corrected chi connectivity index (χ1v) is 9.39. The molecule has 3 aliphatic rings. The van der Waals surface area contributed by atoms with Gasteiger partial charge in [-0.2, -0.15) is 0 Å². The van der Waals surface area contributed by atoms with Gasteiger partial charge in [0.25, 0.3) is 0 Å². The van der Waals surface area contributed by atoms with E-state index in [0.29, 0.717) is 11.3 Å². The van der Waals surface area contributed by atoms with Crippen LogP contribution < -0.4 is 9.26 Å². The van der Waals surface area contributed by atoms with Crippen molar-refractivity contribution in [3.8, 4) is 11.5 Å². The molecule has 0 aromatic heterocycles. The van der Waals surface area contributed by atoms with E-state index in [1.54, 1.807) is 7.11 Å². The number of phosphoric acid groups is 1. The van der Waals surface area contributed by atoms with Gasteiger partial charge < -0.3 is 14.0 Å². The summed E-state index contributed by atoms with van der Waals surface area (Å²) in [6, 6.07) is 5.75. The molecule has 0 atom stereocenters. The fourth-order valence-corrected chi connectivity index (χ4v) is 5.04. The van der Waals surface area contributed by atoms with Crippen LogP contribution in [-0.4, -0.2) is 14.2 Å². The normalized spacial score (nSPS) is 27.3. The summed E-state index contributed by atoms with van der Waals surface area (Å²) in [5.74, 6) is -0.155. The summed E-state index contributed by atoms with van der Waals surface area (Å²) in [7, 11) is -0.480. The minimum atomic E-state index is -3.59. The molecule has 2 bridgehead atoms. The average molecular weight is 350 g/mol. The molecule has 3 heterocycles. The van der Waals surface area contributed by atoms with Crippen molar-refractivity contribution in [3.63, 3.8) is 0 Å². The molecule has 0 spiro atoms. The standard InChI is InChI=1S/C17H19O6P/c1-5-11-12(6-2)15-16(13-8-7-10(19-3)9-14(11)13)21-24(18)22-17(15,20-4)23-24/h7-9H,5-6H2,1-4H3. The third-order valence-electron chi connectivity index (χ3n) is 4.64. The zero-order valence-corrected chi connectivity index (χ0v) is 14.9. The fraction of sp³-hybridized carbons (Fsp3) is 0.412. The van der Waals surface area contributed by atoms with Crippen LogP contribution in [0.4, 0.5) is 0 Å². The number of methoxy groups -OCH3 is 2. The second kappa shape index (κ2) is 5.20. The highest BCUT2D eigenvalue weighted by Crippen LogP contribution is 2.74. The van der Waals surface area contributed by atoms with Gasteiger partial charge >= 0.3 is 13.8 Å². The molecule has 1 saturated heterocycles. The third-order valence-corrected chi connectivity index (χ3v) is 5.97. The topological polar surface area (TPSA) is 63.2 Å². The molecule has 128 valence electrons. The number of rotatable bonds is 4. The van der Waals surface area contributed by atoms with Crippen molar-refractivity contribution < 1.29 is 27.6 Å². The molecule has 0 saturated carbocycles. The van der Waals surface area contributed by atoms with E-state index in [2.05, 4.69) is 13.8 Å². The van der Waals surface area contributed by atoms with Crippen LogP contribution in [0, 0.1) is 0 Å². The van der Waals surface area contributed by atoms with Crippen LogP contribution in [0.15, 0.2) is 18.2 Å². The van der Waals surface area contributed by atoms with E-state index in [0.717, 1.165) is 40.5 Å². The van der Waals surface area contributed by atoms with Gasteiger partial charge in [-0.15, -0.1) is 0 Å². The van der Waals surface area contributed by atoms with E-state index in [9.17, 15) is 4.57 Å². The highest BCUT2D eigenvalue weighted by atomic mass is 31.2. The van der Waals surface area contributed by atoms with Crippen LogP contribution in [0.25, 0.3) is 10.8 Å². The molecule has 0 amide bonds. The maximum absolute atomic E-state index is 12.4. The van der Waals surface area contributed by atoms with Crippen LogP contribution >= 0.6 is 7.82 Å². The molecule has 0 N–H and O–H groups in total. The number of hydrogen-bond acceptors (Lipinski definition) is 6. The number of fused-ring (bicyclic) bond motifs is 1. The third kappa shape index (κ3) is 1.91. The summed E-state index contributed by atoms with van der Waals surface area (Å²) < 4.78 is 39.7. The number of benzene rings is 2. The maximum atomic E-state index is 12.4. The Morgan fingerprint density at radius 2 is 1.79 bits per heavy atom. The quantitative estimate of drug-likeness (QED) is 0.767. The lowest BCUT2D eigenvalue weighted by atomic mass is 9.89. The van der Waals surface area contributed by atoms with Crippen LogP contribution in [0.3, 0.4) is 0 Å². The first-order valence-electron chi connectivity index (χ1n) is 7.93. The number of aryl methyl sites for hydroxylation is 1. The van der Waals surface area contributed by atoms with Gasteiger partial charge in [0.2, 0.25) is 0 Å². The molecule has 7 heteroatoms. The zero-order chi connectivity index (χ0) is 17.1. The Labute approximate surface area is 140 Å². The summed E-state index contributed by atoms with van der Waals surface area (Å²) in [6.07, 6.45) is 1.56. The van der Waals surface area contributed by atoms with Crippen molar-refractivity contribution in [2.75, 3.05) is 14.2 Å². The summed E-state index contributed by atoms with van der Waals surface area (Å²) in [5, 5.41) is 1.88. The SMILES string of the molecule is CCc1c2c(c3ccc(OC)cc3c1CC)OP1(=O)OC2(OC)O1. The molecule has 5 rings (SSSR count). The number of phosphoric ester groups is 1. The minimum Gasteiger partial charge on any atom is -0.497 e. The van der Waals surface area contributed by atoms with Crippen molar-refractivity contribution in [1.82, 2.24) is 0 Å². The van der Waals surface area contributed by atoms with Crippen molar-refractivity contribution in [3.05, 3.63) is 34.9 Å². The molecule has 24 heavy (non-hydrogen) atoms. The summed E-state index contributed by atoms with van der Waals surface area (Å²) in [6.45, 7) is 4.15. The van der Waals surface area contributed by atoms with E-state index in [1.165, 1.54) is 7.11 Å². The number of hydrogen-bond donors (Lipinski definition) is 0. The molecule has 3 aliphatic heterocycles. The molecule has 2 aromatic rings.